The summed E-state index contributed by atoms with van der Waals surface area (Å²) < 4.78 is 17.8. The summed E-state index contributed by atoms with van der Waals surface area (Å²) in [7, 11) is 0. The van der Waals surface area contributed by atoms with Crippen molar-refractivity contribution < 1.29 is 23.8 Å². The van der Waals surface area contributed by atoms with Crippen LogP contribution < -0.4 is 4.74 Å². The maximum atomic E-state index is 12.8. The van der Waals surface area contributed by atoms with Gasteiger partial charge in [-0.2, -0.15) is 0 Å². The van der Waals surface area contributed by atoms with E-state index in [-0.39, 0.29) is 30.6 Å². The van der Waals surface area contributed by atoms with E-state index in [9.17, 15) is 9.59 Å². The molecule has 6 nitrogen and oxygen atoms in total. The molecule has 0 aliphatic carbocycles. The van der Waals surface area contributed by atoms with E-state index in [0.29, 0.717) is 35.2 Å². The van der Waals surface area contributed by atoms with Crippen molar-refractivity contribution in [1.82, 2.24) is 4.90 Å². The minimum atomic E-state index is -0.378. The molecule has 182 valence electrons. The molecule has 1 heterocycles. The lowest BCUT2D eigenvalue weighted by Gasteiger charge is -2.22. The van der Waals surface area contributed by atoms with Gasteiger partial charge >= 0.3 is 12.1 Å². The van der Waals surface area contributed by atoms with Crippen LogP contribution in [0.3, 0.4) is 0 Å². The topological polar surface area (TPSA) is 65.1 Å². The van der Waals surface area contributed by atoms with Crippen LogP contribution in [0.5, 0.6) is 11.5 Å². The second kappa shape index (κ2) is 11.1. The first-order chi connectivity index (χ1) is 16.8. The van der Waals surface area contributed by atoms with Gasteiger partial charge < -0.3 is 14.2 Å². The molecule has 4 rings (SSSR count). The maximum Gasteiger partial charge on any atom is 0.411 e. The zero-order chi connectivity index (χ0) is 24.9. The minimum absolute atomic E-state index is 0.0932. The standard InChI is InChI=1S/C27H25BrClNO5/c1-3-33-25(31)13-18-11-22(29)15-23(12-18)34-24-10-9-21(28)14-20(24)16-30-17(2)26(35-27(30)32)19-7-5-4-6-8-19/h4-12,14-15,17,26H,3,13,16H2,1-2H3. The number of hydrogen-bond donors (Lipinski definition) is 0. The van der Waals surface area contributed by atoms with Crippen LogP contribution >= 0.6 is 27.5 Å². The lowest BCUT2D eigenvalue weighted by atomic mass is 10.0. The van der Waals surface area contributed by atoms with Gasteiger partial charge in [-0.25, -0.2) is 4.79 Å². The molecule has 2 atom stereocenters. The fraction of sp³-hybridized carbons (Fsp3) is 0.259. The Hall–Kier alpha value is -3.03. The van der Waals surface area contributed by atoms with Crippen LogP contribution in [0.15, 0.2) is 71.2 Å². The number of rotatable bonds is 8. The van der Waals surface area contributed by atoms with Gasteiger partial charge in [0.1, 0.15) is 17.6 Å². The van der Waals surface area contributed by atoms with Gasteiger partial charge in [0.25, 0.3) is 0 Å². The molecule has 1 aliphatic heterocycles. The molecular weight excluding hydrogens is 534 g/mol. The first-order valence-electron chi connectivity index (χ1n) is 11.3. The Morgan fingerprint density at radius 3 is 2.63 bits per heavy atom. The number of ether oxygens (including phenoxy) is 3. The number of amides is 1. The molecular formula is C27H25BrClNO5. The van der Waals surface area contributed by atoms with Crippen molar-refractivity contribution in [2.24, 2.45) is 0 Å². The molecule has 0 aromatic heterocycles. The number of cyclic esters (lactones) is 1. The molecule has 0 N–H and O–H groups in total. The third-order valence-electron chi connectivity index (χ3n) is 5.70. The van der Waals surface area contributed by atoms with Gasteiger partial charge in [-0.05, 0) is 61.4 Å². The van der Waals surface area contributed by atoms with E-state index in [1.54, 1.807) is 30.0 Å². The van der Waals surface area contributed by atoms with Gasteiger partial charge in [-0.1, -0.05) is 57.9 Å². The van der Waals surface area contributed by atoms with Crippen LogP contribution in [-0.4, -0.2) is 29.6 Å². The van der Waals surface area contributed by atoms with E-state index < -0.39 is 0 Å². The number of hydrogen-bond acceptors (Lipinski definition) is 5. The number of esters is 1. The highest BCUT2D eigenvalue weighted by atomic mass is 79.9. The Bertz CT molecular complexity index is 1220. The zero-order valence-corrected chi connectivity index (χ0v) is 21.7. The van der Waals surface area contributed by atoms with Crippen molar-refractivity contribution in [3.8, 4) is 11.5 Å². The van der Waals surface area contributed by atoms with Crippen LogP contribution in [0.25, 0.3) is 0 Å². The predicted octanol–water partition coefficient (Wildman–Crippen LogP) is 7.08. The smallest absolute Gasteiger partial charge is 0.411 e. The maximum absolute atomic E-state index is 12.8. The molecule has 2 unspecified atom stereocenters. The van der Waals surface area contributed by atoms with Gasteiger partial charge in [-0.3, -0.25) is 9.69 Å². The summed E-state index contributed by atoms with van der Waals surface area (Å²) >= 11 is 9.79. The number of benzene rings is 3. The minimum Gasteiger partial charge on any atom is -0.466 e. The van der Waals surface area contributed by atoms with Crippen molar-refractivity contribution in [3.05, 3.63) is 92.9 Å². The third kappa shape index (κ3) is 6.16. The van der Waals surface area contributed by atoms with Crippen molar-refractivity contribution in [2.45, 2.75) is 39.0 Å². The first kappa shape index (κ1) is 25.1. The van der Waals surface area contributed by atoms with E-state index in [4.69, 9.17) is 25.8 Å². The van der Waals surface area contributed by atoms with E-state index in [1.165, 1.54) is 0 Å². The molecule has 1 aliphatic rings. The fourth-order valence-electron chi connectivity index (χ4n) is 4.04. The third-order valence-corrected chi connectivity index (χ3v) is 6.41. The van der Waals surface area contributed by atoms with E-state index in [0.717, 1.165) is 15.6 Å². The highest BCUT2D eigenvalue weighted by molar-refractivity contribution is 9.10. The normalized spacial score (nSPS) is 17.3. The van der Waals surface area contributed by atoms with Gasteiger partial charge in [0.15, 0.2) is 0 Å². The average molecular weight is 559 g/mol. The molecule has 3 aromatic carbocycles. The van der Waals surface area contributed by atoms with E-state index in [1.807, 2.05) is 55.5 Å². The Balaban J connectivity index is 1.56. The predicted molar refractivity (Wildman–Crippen MR) is 137 cm³/mol. The highest BCUT2D eigenvalue weighted by Crippen LogP contribution is 2.36. The van der Waals surface area contributed by atoms with Crippen LogP contribution in [0.4, 0.5) is 4.79 Å². The molecule has 1 fully saturated rings. The lowest BCUT2D eigenvalue weighted by Crippen LogP contribution is -2.31. The molecule has 0 saturated carbocycles. The Kier molecular flexibility index (Phi) is 7.98. The highest BCUT2D eigenvalue weighted by Gasteiger charge is 2.39. The number of halogens is 2. The van der Waals surface area contributed by atoms with Crippen LogP contribution in [0, 0.1) is 0 Å². The first-order valence-corrected chi connectivity index (χ1v) is 12.4. The second-order valence-electron chi connectivity index (χ2n) is 8.21. The summed E-state index contributed by atoms with van der Waals surface area (Å²) in [5.41, 5.74) is 2.44. The molecule has 0 spiro atoms. The number of nitrogens with zero attached hydrogens (tertiary/aromatic N) is 1. The summed E-state index contributed by atoms with van der Waals surface area (Å²) in [4.78, 5) is 26.4. The monoisotopic (exact) mass is 557 g/mol. The fourth-order valence-corrected chi connectivity index (χ4v) is 4.70. The quantitative estimate of drug-likeness (QED) is 0.276. The molecule has 1 saturated heterocycles. The van der Waals surface area contributed by atoms with Crippen LogP contribution in [-0.2, 0) is 27.2 Å². The molecule has 35 heavy (non-hydrogen) atoms. The number of carbonyl (C=O) groups excluding carboxylic acids is 2. The molecule has 0 bridgehead atoms. The summed E-state index contributed by atoms with van der Waals surface area (Å²) in [6.07, 6.45) is -0.633. The van der Waals surface area contributed by atoms with Gasteiger partial charge in [0.05, 0.1) is 25.6 Å². The van der Waals surface area contributed by atoms with Crippen molar-refractivity contribution in [1.29, 1.82) is 0 Å². The summed E-state index contributed by atoms with van der Waals surface area (Å²) in [6.45, 7) is 4.35. The Labute approximate surface area is 217 Å². The Morgan fingerprint density at radius 1 is 1.11 bits per heavy atom. The van der Waals surface area contributed by atoms with Gasteiger partial charge in [0, 0.05) is 15.1 Å². The van der Waals surface area contributed by atoms with E-state index in [2.05, 4.69) is 15.9 Å². The van der Waals surface area contributed by atoms with Gasteiger partial charge in [0.2, 0.25) is 0 Å². The molecule has 0 radical (unpaired) electrons. The zero-order valence-electron chi connectivity index (χ0n) is 19.4. The van der Waals surface area contributed by atoms with Gasteiger partial charge in [-0.15, -0.1) is 0 Å². The largest absolute Gasteiger partial charge is 0.466 e. The molecule has 1 amide bonds. The Morgan fingerprint density at radius 2 is 1.89 bits per heavy atom. The SMILES string of the molecule is CCOC(=O)Cc1cc(Cl)cc(Oc2ccc(Br)cc2CN2C(=O)OC(c3ccccc3)C2C)c1. The van der Waals surface area contributed by atoms with Crippen molar-refractivity contribution in [3.63, 3.8) is 0 Å². The van der Waals surface area contributed by atoms with Crippen molar-refractivity contribution >= 4 is 39.6 Å². The van der Waals surface area contributed by atoms with Crippen LogP contribution in [0.1, 0.15) is 36.6 Å². The average Bonchev–Trinajstić information content (AvgIpc) is 3.09. The summed E-state index contributed by atoms with van der Waals surface area (Å²) in [6, 6.07) is 20.3. The summed E-state index contributed by atoms with van der Waals surface area (Å²) in [5, 5.41) is 0.447. The van der Waals surface area contributed by atoms with Crippen LogP contribution in [0.2, 0.25) is 5.02 Å². The summed E-state index contributed by atoms with van der Waals surface area (Å²) in [5.74, 6) is 0.722. The second-order valence-corrected chi connectivity index (χ2v) is 9.57. The lowest BCUT2D eigenvalue weighted by molar-refractivity contribution is -0.142. The number of carbonyl (C=O) groups is 2. The molecule has 3 aromatic rings. The molecule has 8 heteroatoms. The van der Waals surface area contributed by atoms with Crippen molar-refractivity contribution in [2.75, 3.05) is 6.61 Å². The van der Waals surface area contributed by atoms with E-state index >= 15 is 0 Å².